The summed E-state index contributed by atoms with van der Waals surface area (Å²) in [6.45, 7) is 5.16. The van der Waals surface area contributed by atoms with Crippen molar-refractivity contribution in [2.75, 3.05) is 13.1 Å². The Bertz CT molecular complexity index is 620. The summed E-state index contributed by atoms with van der Waals surface area (Å²) in [6, 6.07) is 7.98. The quantitative estimate of drug-likeness (QED) is 0.932. The average Bonchev–Trinajstić information content (AvgIpc) is 2.95. The van der Waals surface area contributed by atoms with Gasteiger partial charge in [0.15, 0.2) is 0 Å². The molecule has 3 nitrogen and oxygen atoms in total. The van der Waals surface area contributed by atoms with E-state index in [2.05, 4.69) is 11.8 Å². The number of thiophene rings is 1. The Morgan fingerprint density at radius 1 is 1.47 bits per heavy atom. The van der Waals surface area contributed by atoms with Crippen LogP contribution in [0.2, 0.25) is 0 Å². The maximum absolute atomic E-state index is 11.4. The predicted molar refractivity (Wildman–Crippen MR) is 77.8 cm³/mol. The van der Waals surface area contributed by atoms with Crippen LogP contribution in [0.1, 0.15) is 28.6 Å². The van der Waals surface area contributed by atoms with Gasteiger partial charge in [-0.3, -0.25) is 4.90 Å². The summed E-state index contributed by atoms with van der Waals surface area (Å²) < 4.78 is 1.07. The summed E-state index contributed by atoms with van der Waals surface area (Å²) in [7, 11) is 0. The van der Waals surface area contributed by atoms with Crippen molar-refractivity contribution in [1.29, 1.82) is 0 Å². The molecule has 1 unspecified atom stereocenters. The Morgan fingerprint density at radius 2 is 2.26 bits per heavy atom. The smallest absolute Gasteiger partial charge is 0.346 e. The SMILES string of the molecule is CC1CCN(Cc2c(C(=O)O)sc3ccccc23)C1. The fourth-order valence-electron chi connectivity index (χ4n) is 2.82. The van der Waals surface area contributed by atoms with E-state index in [-0.39, 0.29) is 0 Å². The Morgan fingerprint density at radius 3 is 2.95 bits per heavy atom. The van der Waals surface area contributed by atoms with E-state index in [1.807, 2.05) is 24.3 Å². The van der Waals surface area contributed by atoms with Crippen LogP contribution in [0.15, 0.2) is 24.3 Å². The summed E-state index contributed by atoms with van der Waals surface area (Å²) in [5.41, 5.74) is 0.988. The maximum Gasteiger partial charge on any atom is 0.346 e. The fraction of sp³-hybridized carbons (Fsp3) is 0.400. The number of carboxylic acids is 1. The largest absolute Gasteiger partial charge is 0.477 e. The van der Waals surface area contributed by atoms with Gasteiger partial charge >= 0.3 is 5.97 Å². The first-order valence-electron chi connectivity index (χ1n) is 6.61. The molecule has 0 radical (unpaired) electrons. The number of nitrogens with zero attached hydrogens (tertiary/aromatic N) is 1. The van der Waals surface area contributed by atoms with Crippen molar-refractivity contribution in [2.45, 2.75) is 19.9 Å². The monoisotopic (exact) mass is 275 g/mol. The molecular formula is C15H17NO2S. The molecule has 1 aromatic heterocycles. The van der Waals surface area contributed by atoms with Gasteiger partial charge in [-0.2, -0.15) is 0 Å². The van der Waals surface area contributed by atoms with Crippen LogP contribution >= 0.6 is 11.3 Å². The van der Waals surface area contributed by atoms with Crippen LogP contribution in [0.3, 0.4) is 0 Å². The summed E-state index contributed by atoms with van der Waals surface area (Å²) in [6.07, 6.45) is 1.21. The molecule has 19 heavy (non-hydrogen) atoms. The molecule has 0 saturated carbocycles. The molecule has 0 aliphatic carbocycles. The van der Waals surface area contributed by atoms with Crippen LogP contribution in [-0.4, -0.2) is 29.1 Å². The van der Waals surface area contributed by atoms with Crippen LogP contribution in [0.4, 0.5) is 0 Å². The van der Waals surface area contributed by atoms with Crippen molar-refractivity contribution in [1.82, 2.24) is 4.90 Å². The first-order valence-corrected chi connectivity index (χ1v) is 7.43. The molecule has 100 valence electrons. The van der Waals surface area contributed by atoms with Crippen molar-refractivity contribution in [3.63, 3.8) is 0 Å². The van der Waals surface area contributed by atoms with Gasteiger partial charge in [0, 0.05) is 17.8 Å². The first-order chi connectivity index (χ1) is 9.15. The highest BCUT2D eigenvalue weighted by Gasteiger charge is 2.23. The molecule has 1 saturated heterocycles. The number of hydrogen-bond donors (Lipinski definition) is 1. The highest BCUT2D eigenvalue weighted by molar-refractivity contribution is 7.21. The van der Waals surface area contributed by atoms with Gasteiger partial charge in [-0.15, -0.1) is 11.3 Å². The number of hydrogen-bond acceptors (Lipinski definition) is 3. The van der Waals surface area contributed by atoms with Gasteiger partial charge in [0.1, 0.15) is 4.88 Å². The Kier molecular flexibility index (Phi) is 3.29. The highest BCUT2D eigenvalue weighted by atomic mass is 32.1. The molecular weight excluding hydrogens is 258 g/mol. The molecule has 3 rings (SSSR count). The molecule has 1 N–H and O–H groups in total. The van der Waals surface area contributed by atoms with Crippen LogP contribution in [0.25, 0.3) is 10.1 Å². The van der Waals surface area contributed by atoms with Gasteiger partial charge in [0.2, 0.25) is 0 Å². The minimum atomic E-state index is -0.802. The molecule has 1 aliphatic heterocycles. The van der Waals surface area contributed by atoms with Gasteiger partial charge in [0.05, 0.1) is 0 Å². The van der Waals surface area contributed by atoms with Crippen LogP contribution < -0.4 is 0 Å². The van der Waals surface area contributed by atoms with Gasteiger partial charge in [0.25, 0.3) is 0 Å². The lowest BCUT2D eigenvalue weighted by atomic mass is 10.1. The summed E-state index contributed by atoms with van der Waals surface area (Å²) in [4.78, 5) is 14.3. The summed E-state index contributed by atoms with van der Waals surface area (Å²) in [5.74, 6) is -0.0818. The minimum absolute atomic E-state index is 0.501. The lowest BCUT2D eigenvalue weighted by Crippen LogP contribution is -2.20. The molecule has 1 aliphatic rings. The average molecular weight is 275 g/mol. The van der Waals surface area contributed by atoms with E-state index in [4.69, 9.17) is 0 Å². The van der Waals surface area contributed by atoms with Crippen molar-refractivity contribution in [3.05, 3.63) is 34.7 Å². The third-order valence-corrected chi connectivity index (χ3v) is 4.98. The predicted octanol–water partition coefficient (Wildman–Crippen LogP) is 3.44. The van der Waals surface area contributed by atoms with E-state index < -0.39 is 5.97 Å². The second-order valence-electron chi connectivity index (χ2n) is 5.34. The van der Waals surface area contributed by atoms with E-state index in [9.17, 15) is 9.90 Å². The lowest BCUT2D eigenvalue weighted by Gasteiger charge is -2.15. The van der Waals surface area contributed by atoms with Crippen molar-refractivity contribution < 1.29 is 9.90 Å². The zero-order chi connectivity index (χ0) is 13.4. The highest BCUT2D eigenvalue weighted by Crippen LogP contribution is 2.33. The molecule has 1 atom stereocenters. The zero-order valence-corrected chi connectivity index (χ0v) is 11.7. The molecule has 4 heteroatoms. The molecule has 0 spiro atoms. The van der Waals surface area contributed by atoms with E-state index in [1.54, 1.807) is 0 Å². The van der Waals surface area contributed by atoms with Crippen molar-refractivity contribution in [3.8, 4) is 0 Å². The van der Waals surface area contributed by atoms with Gasteiger partial charge in [-0.05, 0) is 35.9 Å². The number of fused-ring (bicyclic) bond motifs is 1. The van der Waals surface area contributed by atoms with E-state index in [1.165, 1.54) is 17.8 Å². The number of carbonyl (C=O) groups is 1. The van der Waals surface area contributed by atoms with Gasteiger partial charge in [-0.25, -0.2) is 4.79 Å². The molecule has 1 aromatic carbocycles. The fourth-order valence-corrected chi connectivity index (χ4v) is 3.87. The van der Waals surface area contributed by atoms with Crippen LogP contribution in [-0.2, 0) is 6.54 Å². The molecule has 0 amide bonds. The molecule has 0 bridgehead atoms. The number of carboxylic acid groups (broad SMARTS) is 1. The lowest BCUT2D eigenvalue weighted by molar-refractivity contribution is 0.0700. The minimum Gasteiger partial charge on any atom is -0.477 e. The topological polar surface area (TPSA) is 40.5 Å². The number of rotatable bonds is 3. The first kappa shape index (κ1) is 12.6. The number of aromatic carboxylic acids is 1. The number of benzene rings is 1. The maximum atomic E-state index is 11.4. The van der Waals surface area contributed by atoms with Crippen molar-refractivity contribution >= 4 is 27.4 Å². The summed E-state index contributed by atoms with van der Waals surface area (Å²) in [5, 5.41) is 10.5. The van der Waals surface area contributed by atoms with E-state index in [0.717, 1.165) is 41.2 Å². The Balaban J connectivity index is 2.00. The third kappa shape index (κ3) is 2.38. The van der Waals surface area contributed by atoms with E-state index >= 15 is 0 Å². The number of likely N-dealkylation sites (tertiary alicyclic amines) is 1. The van der Waals surface area contributed by atoms with Gasteiger partial charge in [-0.1, -0.05) is 25.1 Å². The zero-order valence-electron chi connectivity index (χ0n) is 10.9. The van der Waals surface area contributed by atoms with Gasteiger partial charge < -0.3 is 5.11 Å². The molecule has 1 fully saturated rings. The summed E-state index contributed by atoms with van der Waals surface area (Å²) >= 11 is 1.39. The van der Waals surface area contributed by atoms with Crippen LogP contribution in [0.5, 0.6) is 0 Å². The third-order valence-electron chi connectivity index (χ3n) is 3.78. The molecule has 2 aromatic rings. The molecule has 2 heterocycles. The second kappa shape index (κ2) is 4.94. The second-order valence-corrected chi connectivity index (χ2v) is 6.39. The Labute approximate surface area is 116 Å². The van der Waals surface area contributed by atoms with Crippen molar-refractivity contribution in [2.24, 2.45) is 5.92 Å². The normalized spacial score (nSPS) is 20.2. The standard InChI is InChI=1S/C15H17NO2S/c1-10-6-7-16(8-10)9-12-11-4-2-3-5-13(11)19-14(12)15(17)18/h2-5,10H,6-9H2,1H3,(H,17,18). The van der Waals surface area contributed by atoms with E-state index in [0.29, 0.717) is 4.88 Å². The Hall–Kier alpha value is -1.39. The van der Waals surface area contributed by atoms with Crippen LogP contribution in [0, 0.1) is 5.92 Å².